The Labute approximate surface area is 150 Å². The van der Waals surface area contributed by atoms with Crippen LogP contribution in [-0.2, 0) is 14.8 Å². The summed E-state index contributed by atoms with van der Waals surface area (Å²) in [7, 11) is -3.98. The maximum atomic E-state index is 12.1. The Kier molecular flexibility index (Phi) is 7.01. The van der Waals surface area contributed by atoms with E-state index < -0.39 is 28.4 Å². The van der Waals surface area contributed by atoms with E-state index in [0.717, 1.165) is 24.6 Å². The van der Waals surface area contributed by atoms with Crippen LogP contribution in [0.15, 0.2) is 6.07 Å². The zero-order valence-corrected chi connectivity index (χ0v) is 15.2. The number of anilines is 2. The molecule has 148 valence electrons. The summed E-state index contributed by atoms with van der Waals surface area (Å²) in [5, 5.41) is 2.88. The van der Waals surface area contributed by atoms with Crippen LogP contribution >= 0.6 is 0 Å². The van der Waals surface area contributed by atoms with E-state index in [0.29, 0.717) is 19.2 Å². The van der Waals surface area contributed by atoms with Gasteiger partial charge in [-0.1, -0.05) is 0 Å². The SMILES string of the molecule is Cc1cc(N2CCOCC2)nc(NCCNS(=O)(=O)CCC(F)(F)F)n1. The first kappa shape index (κ1) is 20.6. The molecule has 26 heavy (non-hydrogen) atoms. The lowest BCUT2D eigenvalue weighted by molar-refractivity contribution is -0.129. The summed E-state index contributed by atoms with van der Waals surface area (Å²) in [6, 6.07) is 1.84. The average molecular weight is 397 g/mol. The second-order valence-corrected chi connectivity index (χ2v) is 7.72. The van der Waals surface area contributed by atoms with E-state index in [1.165, 1.54) is 0 Å². The minimum absolute atomic E-state index is 0.0651. The average Bonchev–Trinajstić information content (AvgIpc) is 2.57. The van der Waals surface area contributed by atoms with Crippen molar-refractivity contribution in [2.24, 2.45) is 0 Å². The minimum atomic E-state index is -4.50. The van der Waals surface area contributed by atoms with Crippen LogP contribution in [0, 0.1) is 6.92 Å². The highest BCUT2D eigenvalue weighted by Crippen LogP contribution is 2.20. The molecule has 1 saturated heterocycles. The minimum Gasteiger partial charge on any atom is -0.378 e. The van der Waals surface area contributed by atoms with Gasteiger partial charge in [-0.25, -0.2) is 18.1 Å². The summed E-state index contributed by atoms with van der Waals surface area (Å²) < 4.78 is 66.7. The molecule has 0 unspecified atom stereocenters. The molecule has 0 aliphatic carbocycles. The number of hydrogen-bond acceptors (Lipinski definition) is 7. The lowest BCUT2D eigenvalue weighted by atomic mass is 10.3. The van der Waals surface area contributed by atoms with Gasteiger partial charge in [0.1, 0.15) is 5.82 Å². The van der Waals surface area contributed by atoms with Crippen molar-refractivity contribution in [1.29, 1.82) is 0 Å². The predicted octanol–water partition coefficient (Wildman–Crippen LogP) is 0.905. The normalized spacial score (nSPS) is 15.9. The van der Waals surface area contributed by atoms with Crippen molar-refractivity contribution in [2.75, 3.05) is 55.4 Å². The molecule has 1 aromatic rings. The van der Waals surface area contributed by atoms with Crippen molar-refractivity contribution in [3.8, 4) is 0 Å². The Bertz CT molecular complexity index is 694. The Morgan fingerprint density at radius 2 is 1.92 bits per heavy atom. The monoisotopic (exact) mass is 397 g/mol. The second kappa shape index (κ2) is 8.82. The van der Waals surface area contributed by atoms with E-state index in [2.05, 4.69) is 24.9 Å². The Morgan fingerprint density at radius 1 is 1.23 bits per heavy atom. The summed E-state index contributed by atoms with van der Waals surface area (Å²) in [5.41, 5.74) is 0.745. The summed E-state index contributed by atoms with van der Waals surface area (Å²) >= 11 is 0. The first-order valence-corrected chi connectivity index (χ1v) is 9.76. The number of morpholine rings is 1. The summed E-state index contributed by atoms with van der Waals surface area (Å²) in [6.45, 7) is 4.57. The molecule has 8 nitrogen and oxygen atoms in total. The van der Waals surface area contributed by atoms with E-state index in [9.17, 15) is 21.6 Å². The van der Waals surface area contributed by atoms with Crippen LogP contribution < -0.4 is 14.9 Å². The molecule has 0 amide bonds. The second-order valence-electron chi connectivity index (χ2n) is 5.80. The van der Waals surface area contributed by atoms with Crippen molar-refractivity contribution in [3.05, 3.63) is 11.8 Å². The Morgan fingerprint density at radius 3 is 2.58 bits per heavy atom. The summed E-state index contributed by atoms with van der Waals surface area (Å²) in [5.74, 6) is 0.0913. The van der Waals surface area contributed by atoms with Gasteiger partial charge in [-0.3, -0.25) is 0 Å². The van der Waals surface area contributed by atoms with Crippen molar-refractivity contribution >= 4 is 21.8 Å². The van der Waals surface area contributed by atoms with Gasteiger partial charge in [-0.2, -0.15) is 18.2 Å². The molecular formula is C14H22F3N5O3S. The number of rotatable bonds is 8. The summed E-state index contributed by atoms with van der Waals surface area (Å²) in [4.78, 5) is 10.7. The van der Waals surface area contributed by atoms with Gasteiger partial charge in [-0.05, 0) is 6.92 Å². The van der Waals surface area contributed by atoms with Crippen LogP contribution in [0.4, 0.5) is 24.9 Å². The van der Waals surface area contributed by atoms with Gasteiger partial charge < -0.3 is 15.0 Å². The van der Waals surface area contributed by atoms with Crippen molar-refractivity contribution < 1.29 is 26.3 Å². The maximum absolute atomic E-state index is 12.1. The zero-order chi connectivity index (χ0) is 19.2. The number of halogens is 3. The van der Waals surface area contributed by atoms with Crippen LogP contribution in [-0.4, -0.2) is 69.7 Å². The van der Waals surface area contributed by atoms with Crippen LogP contribution in [0.3, 0.4) is 0 Å². The van der Waals surface area contributed by atoms with E-state index >= 15 is 0 Å². The molecule has 0 spiro atoms. The Hall–Kier alpha value is -1.66. The molecule has 0 radical (unpaired) electrons. The number of hydrogen-bond donors (Lipinski definition) is 2. The van der Waals surface area contributed by atoms with Crippen LogP contribution in [0.2, 0.25) is 0 Å². The highest BCUT2D eigenvalue weighted by molar-refractivity contribution is 7.89. The largest absolute Gasteiger partial charge is 0.390 e. The third-order valence-electron chi connectivity index (χ3n) is 3.56. The molecule has 1 aromatic heterocycles. The summed E-state index contributed by atoms with van der Waals surface area (Å²) in [6.07, 6.45) is -5.88. The number of alkyl halides is 3. The predicted molar refractivity (Wildman–Crippen MR) is 90.8 cm³/mol. The van der Waals surface area contributed by atoms with Gasteiger partial charge in [0.2, 0.25) is 16.0 Å². The number of nitrogens with one attached hydrogen (secondary N) is 2. The molecule has 2 heterocycles. The van der Waals surface area contributed by atoms with Crippen molar-refractivity contribution in [3.63, 3.8) is 0 Å². The van der Waals surface area contributed by atoms with E-state index in [-0.39, 0.29) is 13.1 Å². The van der Waals surface area contributed by atoms with Gasteiger partial charge in [-0.15, -0.1) is 0 Å². The van der Waals surface area contributed by atoms with Gasteiger partial charge in [0, 0.05) is 37.9 Å². The van der Waals surface area contributed by atoms with Crippen LogP contribution in [0.25, 0.3) is 0 Å². The number of sulfonamides is 1. The third-order valence-corrected chi connectivity index (χ3v) is 4.95. The molecule has 0 bridgehead atoms. The topological polar surface area (TPSA) is 96.5 Å². The number of aryl methyl sites for hydroxylation is 1. The van der Waals surface area contributed by atoms with Crippen molar-refractivity contribution in [1.82, 2.24) is 14.7 Å². The standard InChI is InChI=1S/C14H22F3N5O3S/c1-11-10-12(22-5-7-25-8-6-22)21-13(20-11)18-3-4-19-26(23,24)9-2-14(15,16)17/h10,19H,2-9H2,1H3,(H,18,20,21). The molecule has 0 atom stereocenters. The first-order valence-electron chi connectivity index (χ1n) is 8.11. The molecule has 1 aliphatic rings. The number of nitrogens with zero attached hydrogens (tertiary/aromatic N) is 3. The quantitative estimate of drug-likeness (QED) is 0.630. The van der Waals surface area contributed by atoms with E-state index in [1.54, 1.807) is 0 Å². The molecule has 0 aromatic carbocycles. The number of aromatic nitrogens is 2. The molecule has 0 saturated carbocycles. The van der Waals surface area contributed by atoms with Gasteiger partial charge in [0.25, 0.3) is 0 Å². The fourth-order valence-corrected chi connectivity index (χ4v) is 3.35. The smallest absolute Gasteiger partial charge is 0.378 e. The molecule has 2 rings (SSSR count). The molecule has 12 heteroatoms. The molecule has 2 N–H and O–H groups in total. The van der Waals surface area contributed by atoms with E-state index in [4.69, 9.17) is 4.74 Å². The fraction of sp³-hybridized carbons (Fsp3) is 0.714. The van der Waals surface area contributed by atoms with Gasteiger partial charge >= 0.3 is 6.18 Å². The zero-order valence-electron chi connectivity index (χ0n) is 14.3. The molecular weight excluding hydrogens is 375 g/mol. The van der Waals surface area contributed by atoms with Crippen LogP contribution in [0.5, 0.6) is 0 Å². The Balaban J connectivity index is 1.83. The van der Waals surface area contributed by atoms with Crippen molar-refractivity contribution in [2.45, 2.75) is 19.5 Å². The first-order chi connectivity index (χ1) is 12.1. The van der Waals surface area contributed by atoms with Gasteiger partial charge in [0.05, 0.1) is 25.4 Å². The highest BCUT2D eigenvalue weighted by atomic mass is 32.2. The highest BCUT2D eigenvalue weighted by Gasteiger charge is 2.29. The molecule has 1 aliphatic heterocycles. The third kappa shape index (κ3) is 7.30. The van der Waals surface area contributed by atoms with Gasteiger partial charge in [0.15, 0.2) is 0 Å². The van der Waals surface area contributed by atoms with Crippen LogP contribution in [0.1, 0.15) is 12.1 Å². The molecule has 1 fully saturated rings. The van der Waals surface area contributed by atoms with E-state index in [1.807, 2.05) is 13.0 Å². The fourth-order valence-electron chi connectivity index (χ4n) is 2.29. The lowest BCUT2D eigenvalue weighted by Crippen LogP contribution is -2.37. The maximum Gasteiger partial charge on any atom is 0.390 e. The number of ether oxygens (including phenoxy) is 1. The lowest BCUT2D eigenvalue weighted by Gasteiger charge is -2.28.